The van der Waals surface area contributed by atoms with Crippen LogP contribution in [-0.2, 0) is 6.54 Å². The van der Waals surface area contributed by atoms with Gasteiger partial charge in [-0.1, -0.05) is 45.7 Å². The Morgan fingerprint density at radius 2 is 1.90 bits per heavy atom. The lowest BCUT2D eigenvalue weighted by atomic mass is 9.95. The molecule has 2 saturated carbocycles. The minimum atomic E-state index is 0.508. The van der Waals surface area contributed by atoms with Gasteiger partial charge in [0, 0.05) is 18.4 Å². The predicted octanol–water partition coefficient (Wildman–Crippen LogP) is 5.85. The van der Waals surface area contributed by atoms with Crippen molar-refractivity contribution in [3.05, 3.63) is 42.2 Å². The molecule has 3 atom stereocenters. The Hall–Kier alpha value is -2.47. The highest BCUT2D eigenvalue weighted by Gasteiger charge is 2.41. The Morgan fingerprint density at radius 1 is 1.06 bits per heavy atom. The fourth-order valence-electron chi connectivity index (χ4n) is 5.02. The summed E-state index contributed by atoms with van der Waals surface area (Å²) < 4.78 is 2.16. The van der Waals surface area contributed by atoms with E-state index in [2.05, 4.69) is 56.6 Å². The van der Waals surface area contributed by atoms with Crippen LogP contribution in [0.4, 0.5) is 11.6 Å². The normalized spacial score (nSPS) is 21.8. The Balaban J connectivity index is 0.00000112. The van der Waals surface area contributed by atoms with E-state index in [4.69, 9.17) is 4.98 Å². The molecule has 0 unspecified atom stereocenters. The van der Waals surface area contributed by atoms with E-state index in [1.807, 2.05) is 26.2 Å². The molecule has 0 spiro atoms. The fourth-order valence-corrected chi connectivity index (χ4v) is 5.02. The minimum absolute atomic E-state index is 0.508. The third-order valence-corrected chi connectivity index (χ3v) is 6.60. The van der Waals surface area contributed by atoms with Crippen LogP contribution in [0.25, 0.3) is 11.0 Å². The van der Waals surface area contributed by atoms with E-state index in [1.165, 1.54) is 44.1 Å². The van der Waals surface area contributed by atoms with Gasteiger partial charge >= 0.3 is 0 Å². The molecule has 3 aromatic rings. The van der Waals surface area contributed by atoms with E-state index in [9.17, 15) is 0 Å². The molecule has 6 heteroatoms. The predicted molar refractivity (Wildman–Crippen MR) is 127 cm³/mol. The van der Waals surface area contributed by atoms with Crippen LogP contribution in [0.5, 0.6) is 0 Å². The van der Waals surface area contributed by atoms with Gasteiger partial charge < -0.3 is 10.6 Å². The van der Waals surface area contributed by atoms with Gasteiger partial charge in [-0.3, -0.25) is 0 Å². The number of unbranched alkanes of at least 4 members (excludes halogenated alkanes) is 1. The summed E-state index contributed by atoms with van der Waals surface area (Å²) in [4.78, 5) is 9.31. The van der Waals surface area contributed by atoms with Crippen LogP contribution >= 0.6 is 0 Å². The molecule has 6 nitrogen and oxygen atoms in total. The van der Waals surface area contributed by atoms with Crippen molar-refractivity contribution in [1.82, 2.24) is 25.1 Å². The summed E-state index contributed by atoms with van der Waals surface area (Å²) in [5.74, 6) is 2.29. The van der Waals surface area contributed by atoms with Crippen molar-refractivity contribution < 1.29 is 0 Å². The average Bonchev–Trinajstić information content (AvgIpc) is 3.54. The number of fused-ring (bicyclic) bond motifs is 3. The standard InChI is InChI=1S/C23H30N6.C2H6/c1-2-3-10-24-13-16-5-8-20(9-6-16)27-23-25-14-19-15-26-29(22(19)28-23)21-12-17-4-7-18(21)11-17;1-2/h5-6,8-9,14-15,17-18,21,24H,2-4,7,10-13H2,1H3,(H,25,27,28);1-2H3/t17-,18+,21+;/m1./s1. The van der Waals surface area contributed by atoms with Crippen molar-refractivity contribution in [2.75, 3.05) is 11.9 Å². The van der Waals surface area contributed by atoms with E-state index in [0.717, 1.165) is 41.6 Å². The van der Waals surface area contributed by atoms with Gasteiger partial charge in [-0.25, -0.2) is 9.67 Å². The highest BCUT2D eigenvalue weighted by Crippen LogP contribution is 2.50. The molecular formula is C25H36N6. The first kappa shape index (κ1) is 21.8. The van der Waals surface area contributed by atoms with Crippen LogP contribution in [0.15, 0.2) is 36.7 Å². The summed E-state index contributed by atoms with van der Waals surface area (Å²) >= 11 is 0. The van der Waals surface area contributed by atoms with E-state index < -0.39 is 0 Å². The van der Waals surface area contributed by atoms with E-state index in [-0.39, 0.29) is 0 Å². The maximum atomic E-state index is 4.82. The summed E-state index contributed by atoms with van der Waals surface area (Å²) in [6.45, 7) is 8.19. The van der Waals surface area contributed by atoms with Gasteiger partial charge in [0.25, 0.3) is 0 Å². The molecule has 0 saturated heterocycles. The molecule has 2 aliphatic carbocycles. The highest BCUT2D eigenvalue weighted by atomic mass is 15.3. The Bertz CT molecular complexity index is 964. The monoisotopic (exact) mass is 420 g/mol. The van der Waals surface area contributed by atoms with Gasteiger partial charge in [0.15, 0.2) is 5.65 Å². The number of rotatable bonds is 8. The molecule has 2 N–H and O–H groups in total. The summed E-state index contributed by atoms with van der Waals surface area (Å²) in [7, 11) is 0. The molecule has 5 rings (SSSR count). The first-order valence-electron chi connectivity index (χ1n) is 12.1. The molecule has 2 bridgehead atoms. The molecule has 166 valence electrons. The van der Waals surface area contributed by atoms with Crippen molar-refractivity contribution in [2.45, 2.75) is 71.9 Å². The van der Waals surface area contributed by atoms with Gasteiger partial charge in [-0.05, 0) is 61.8 Å². The fraction of sp³-hybridized carbons (Fsp3) is 0.560. The number of anilines is 2. The Kier molecular flexibility index (Phi) is 7.17. The zero-order chi connectivity index (χ0) is 21.6. The van der Waals surface area contributed by atoms with Crippen LogP contribution in [0.3, 0.4) is 0 Å². The molecule has 2 aliphatic rings. The molecule has 0 aliphatic heterocycles. The summed E-state index contributed by atoms with van der Waals surface area (Å²) in [5.41, 5.74) is 3.25. The van der Waals surface area contributed by atoms with Crippen molar-refractivity contribution >= 4 is 22.7 Å². The molecular weight excluding hydrogens is 384 g/mol. The number of nitrogens with one attached hydrogen (secondary N) is 2. The summed E-state index contributed by atoms with van der Waals surface area (Å²) in [6.07, 6.45) is 11.6. The molecule has 31 heavy (non-hydrogen) atoms. The first-order chi connectivity index (χ1) is 15.3. The van der Waals surface area contributed by atoms with Crippen LogP contribution in [0.2, 0.25) is 0 Å². The average molecular weight is 421 g/mol. The first-order valence-corrected chi connectivity index (χ1v) is 12.1. The van der Waals surface area contributed by atoms with E-state index in [1.54, 1.807) is 0 Å². The second kappa shape index (κ2) is 10.2. The van der Waals surface area contributed by atoms with Gasteiger partial charge in [0.05, 0.1) is 17.6 Å². The quantitative estimate of drug-likeness (QED) is 0.448. The van der Waals surface area contributed by atoms with Crippen LogP contribution in [-0.4, -0.2) is 26.3 Å². The summed E-state index contributed by atoms with van der Waals surface area (Å²) in [5, 5.41) is 12.5. The molecule has 2 fully saturated rings. The van der Waals surface area contributed by atoms with Crippen LogP contribution in [0, 0.1) is 11.8 Å². The van der Waals surface area contributed by atoms with Gasteiger partial charge in [-0.2, -0.15) is 10.1 Å². The summed E-state index contributed by atoms with van der Waals surface area (Å²) in [6, 6.07) is 9.00. The number of aromatic nitrogens is 4. The van der Waals surface area contributed by atoms with Crippen molar-refractivity contribution in [3.63, 3.8) is 0 Å². The van der Waals surface area contributed by atoms with Gasteiger partial charge in [0.1, 0.15) is 0 Å². The zero-order valence-electron chi connectivity index (χ0n) is 19.1. The SMILES string of the molecule is CC.CCCCNCc1ccc(Nc2ncc3cnn([C@H]4C[C@@H]5CC[C@H]4C5)c3n2)cc1. The number of hydrogen-bond acceptors (Lipinski definition) is 5. The second-order valence-corrected chi connectivity index (χ2v) is 8.66. The van der Waals surface area contributed by atoms with Crippen LogP contribution < -0.4 is 10.6 Å². The molecule has 1 aromatic carbocycles. The maximum absolute atomic E-state index is 4.82. The Morgan fingerprint density at radius 3 is 2.61 bits per heavy atom. The molecule has 0 radical (unpaired) electrons. The topological polar surface area (TPSA) is 67.7 Å². The number of nitrogens with zero attached hydrogens (tertiary/aromatic N) is 4. The van der Waals surface area contributed by atoms with Crippen molar-refractivity contribution in [2.24, 2.45) is 11.8 Å². The lowest BCUT2D eigenvalue weighted by Gasteiger charge is -2.22. The molecule has 0 amide bonds. The molecule has 2 aromatic heterocycles. The largest absolute Gasteiger partial charge is 0.324 e. The lowest BCUT2D eigenvalue weighted by molar-refractivity contribution is 0.313. The third kappa shape index (κ3) is 4.90. The van der Waals surface area contributed by atoms with Crippen molar-refractivity contribution in [1.29, 1.82) is 0 Å². The number of hydrogen-bond donors (Lipinski definition) is 2. The van der Waals surface area contributed by atoms with Gasteiger partial charge in [0.2, 0.25) is 5.95 Å². The van der Waals surface area contributed by atoms with Gasteiger partial charge in [-0.15, -0.1) is 0 Å². The van der Waals surface area contributed by atoms with Crippen LogP contribution in [0.1, 0.15) is 70.9 Å². The molecule has 2 heterocycles. The minimum Gasteiger partial charge on any atom is -0.324 e. The maximum Gasteiger partial charge on any atom is 0.229 e. The lowest BCUT2D eigenvalue weighted by Crippen LogP contribution is -2.17. The number of benzene rings is 1. The second-order valence-electron chi connectivity index (χ2n) is 8.66. The zero-order valence-corrected chi connectivity index (χ0v) is 19.1. The third-order valence-electron chi connectivity index (χ3n) is 6.60. The van der Waals surface area contributed by atoms with E-state index >= 15 is 0 Å². The highest BCUT2D eigenvalue weighted by molar-refractivity contribution is 5.75. The Labute approximate surface area is 185 Å². The van der Waals surface area contributed by atoms with Crippen molar-refractivity contribution in [3.8, 4) is 0 Å². The van der Waals surface area contributed by atoms with E-state index in [0.29, 0.717) is 12.0 Å². The smallest absolute Gasteiger partial charge is 0.229 e.